The predicted octanol–water partition coefficient (Wildman–Crippen LogP) is 3.14. The van der Waals surface area contributed by atoms with E-state index in [-0.39, 0.29) is 5.91 Å². The van der Waals surface area contributed by atoms with E-state index < -0.39 is 5.76 Å². The number of benzene rings is 2. The monoisotopic (exact) mass is 362 g/mol. The molecule has 1 heterocycles. The molecule has 3 aromatic rings. The van der Waals surface area contributed by atoms with Crippen LogP contribution in [0.25, 0.3) is 11.1 Å². The first-order chi connectivity index (χ1) is 10.6. The fraction of sp³-hybridized carbons (Fsp3) is 0.0667. The number of oxazole rings is 1. The molecule has 0 unspecified atom stereocenters. The van der Waals surface area contributed by atoms with Crippen molar-refractivity contribution in [3.05, 3.63) is 57.0 Å². The summed E-state index contributed by atoms with van der Waals surface area (Å²) in [7, 11) is 1.56. The minimum absolute atomic E-state index is 0.270. The Kier molecular flexibility index (Phi) is 3.72. The van der Waals surface area contributed by atoms with Crippen LogP contribution in [-0.2, 0) is 0 Å². The average molecular weight is 363 g/mol. The van der Waals surface area contributed by atoms with Gasteiger partial charge in [-0.3, -0.25) is 9.78 Å². The molecule has 0 aliphatic rings. The Morgan fingerprint density at radius 3 is 2.82 bits per heavy atom. The molecule has 1 aromatic heterocycles. The van der Waals surface area contributed by atoms with Gasteiger partial charge in [0.05, 0.1) is 17.1 Å². The molecule has 0 spiro atoms. The quantitative estimate of drug-likeness (QED) is 0.749. The Labute approximate surface area is 133 Å². The van der Waals surface area contributed by atoms with Crippen LogP contribution in [0, 0.1) is 0 Å². The molecule has 0 saturated carbocycles. The van der Waals surface area contributed by atoms with Crippen LogP contribution in [0.15, 0.2) is 50.1 Å². The van der Waals surface area contributed by atoms with Gasteiger partial charge in [-0.2, -0.15) is 0 Å². The van der Waals surface area contributed by atoms with Gasteiger partial charge >= 0.3 is 5.76 Å². The molecular formula is C15H11BrN2O4. The standard InChI is InChI=1S/C15H11BrN2O4/c1-21-12-4-2-8(6-10(12)16)14(19)17-9-3-5-13-11(7-9)18-15(20)22-13/h2-7H,1H3,(H,17,19)(H,18,20). The molecule has 1 amide bonds. The van der Waals surface area contributed by atoms with E-state index in [1.165, 1.54) is 0 Å². The number of aromatic amines is 1. The van der Waals surface area contributed by atoms with E-state index in [2.05, 4.69) is 26.2 Å². The molecule has 0 aliphatic carbocycles. The number of fused-ring (bicyclic) bond motifs is 1. The number of nitrogens with one attached hydrogen (secondary N) is 2. The van der Waals surface area contributed by atoms with Crippen molar-refractivity contribution >= 4 is 38.6 Å². The highest BCUT2D eigenvalue weighted by molar-refractivity contribution is 9.10. The first-order valence-electron chi connectivity index (χ1n) is 6.34. The van der Waals surface area contributed by atoms with Crippen molar-refractivity contribution in [1.82, 2.24) is 4.98 Å². The summed E-state index contributed by atoms with van der Waals surface area (Å²) in [6.45, 7) is 0. The van der Waals surface area contributed by atoms with E-state index in [1.807, 2.05) is 0 Å². The van der Waals surface area contributed by atoms with Crippen molar-refractivity contribution in [1.29, 1.82) is 0 Å². The van der Waals surface area contributed by atoms with E-state index in [0.717, 1.165) is 0 Å². The average Bonchev–Trinajstić information content (AvgIpc) is 2.86. The van der Waals surface area contributed by atoms with Crippen LogP contribution in [0.2, 0.25) is 0 Å². The predicted molar refractivity (Wildman–Crippen MR) is 85.5 cm³/mol. The van der Waals surface area contributed by atoms with Crippen LogP contribution in [-0.4, -0.2) is 18.0 Å². The summed E-state index contributed by atoms with van der Waals surface area (Å²) < 4.78 is 10.7. The van der Waals surface area contributed by atoms with Gasteiger partial charge in [-0.15, -0.1) is 0 Å². The molecule has 7 heteroatoms. The van der Waals surface area contributed by atoms with Crippen LogP contribution in [0.3, 0.4) is 0 Å². The lowest BCUT2D eigenvalue weighted by Gasteiger charge is -2.07. The number of methoxy groups -OCH3 is 1. The normalized spacial score (nSPS) is 10.6. The summed E-state index contributed by atoms with van der Waals surface area (Å²) in [6, 6.07) is 9.96. The summed E-state index contributed by atoms with van der Waals surface area (Å²) in [5, 5.41) is 2.76. The van der Waals surface area contributed by atoms with Crippen molar-refractivity contribution in [3.8, 4) is 5.75 Å². The highest BCUT2D eigenvalue weighted by Crippen LogP contribution is 2.26. The molecule has 22 heavy (non-hydrogen) atoms. The fourth-order valence-corrected chi connectivity index (χ4v) is 2.58. The van der Waals surface area contributed by atoms with Crippen molar-refractivity contribution in [2.45, 2.75) is 0 Å². The molecule has 0 fully saturated rings. The smallest absolute Gasteiger partial charge is 0.417 e. The Morgan fingerprint density at radius 2 is 2.09 bits per heavy atom. The molecule has 0 radical (unpaired) electrons. The SMILES string of the molecule is COc1ccc(C(=O)Nc2ccc3oc(=O)[nH]c3c2)cc1Br. The number of halogens is 1. The van der Waals surface area contributed by atoms with Crippen LogP contribution in [0.5, 0.6) is 5.75 Å². The number of carbonyl (C=O) groups is 1. The van der Waals surface area contributed by atoms with Gasteiger partial charge in [0.2, 0.25) is 0 Å². The molecule has 0 bridgehead atoms. The second-order valence-corrected chi connectivity index (χ2v) is 5.38. The van der Waals surface area contributed by atoms with Crippen LogP contribution < -0.4 is 15.8 Å². The maximum absolute atomic E-state index is 12.2. The number of hydrogen-bond donors (Lipinski definition) is 2. The molecular weight excluding hydrogens is 352 g/mol. The van der Waals surface area contributed by atoms with Gasteiger partial charge in [0.15, 0.2) is 5.58 Å². The number of rotatable bonds is 3. The molecule has 0 atom stereocenters. The van der Waals surface area contributed by atoms with Crippen LogP contribution in [0.4, 0.5) is 5.69 Å². The summed E-state index contributed by atoms with van der Waals surface area (Å²) in [6.07, 6.45) is 0. The van der Waals surface area contributed by atoms with Gasteiger partial charge in [0.25, 0.3) is 5.91 Å². The largest absolute Gasteiger partial charge is 0.496 e. The second kappa shape index (κ2) is 5.69. The van der Waals surface area contributed by atoms with Crippen LogP contribution in [0.1, 0.15) is 10.4 Å². The maximum atomic E-state index is 12.2. The zero-order valence-corrected chi connectivity index (χ0v) is 13.1. The molecule has 6 nitrogen and oxygen atoms in total. The third-order valence-electron chi connectivity index (χ3n) is 3.09. The summed E-state index contributed by atoms with van der Waals surface area (Å²) in [5.74, 6) is -0.153. The number of H-pyrrole nitrogens is 1. The van der Waals surface area contributed by atoms with Crippen molar-refractivity contribution < 1.29 is 13.9 Å². The first-order valence-corrected chi connectivity index (χ1v) is 7.14. The number of ether oxygens (including phenoxy) is 1. The fourth-order valence-electron chi connectivity index (χ4n) is 2.04. The molecule has 0 saturated heterocycles. The number of aromatic nitrogens is 1. The lowest BCUT2D eigenvalue weighted by Crippen LogP contribution is -2.11. The molecule has 2 aromatic carbocycles. The van der Waals surface area contributed by atoms with Gasteiger partial charge in [0, 0.05) is 11.3 Å². The van der Waals surface area contributed by atoms with Gasteiger partial charge in [-0.05, 0) is 52.3 Å². The number of hydrogen-bond acceptors (Lipinski definition) is 4. The molecule has 112 valence electrons. The third-order valence-corrected chi connectivity index (χ3v) is 3.71. The Hall–Kier alpha value is -2.54. The lowest BCUT2D eigenvalue weighted by atomic mass is 10.2. The summed E-state index contributed by atoms with van der Waals surface area (Å²) in [4.78, 5) is 25.9. The lowest BCUT2D eigenvalue weighted by molar-refractivity contribution is 0.102. The Bertz CT molecular complexity index is 913. The van der Waals surface area contributed by atoms with Gasteiger partial charge in [-0.25, -0.2) is 4.79 Å². The maximum Gasteiger partial charge on any atom is 0.417 e. The number of amides is 1. The summed E-state index contributed by atoms with van der Waals surface area (Å²) >= 11 is 3.34. The number of carbonyl (C=O) groups excluding carboxylic acids is 1. The second-order valence-electron chi connectivity index (χ2n) is 4.53. The van der Waals surface area contributed by atoms with E-state index in [0.29, 0.717) is 32.6 Å². The molecule has 2 N–H and O–H groups in total. The minimum Gasteiger partial charge on any atom is -0.496 e. The minimum atomic E-state index is -0.530. The first kappa shape index (κ1) is 14.4. The van der Waals surface area contributed by atoms with Gasteiger partial charge < -0.3 is 14.5 Å². The zero-order valence-electron chi connectivity index (χ0n) is 11.5. The van der Waals surface area contributed by atoms with Gasteiger partial charge in [-0.1, -0.05) is 0 Å². The van der Waals surface area contributed by atoms with E-state index in [9.17, 15) is 9.59 Å². The highest BCUT2D eigenvalue weighted by Gasteiger charge is 2.10. The highest BCUT2D eigenvalue weighted by atomic mass is 79.9. The topological polar surface area (TPSA) is 84.3 Å². The Balaban J connectivity index is 1.85. The Morgan fingerprint density at radius 1 is 1.27 bits per heavy atom. The van der Waals surface area contributed by atoms with E-state index in [4.69, 9.17) is 9.15 Å². The number of anilines is 1. The van der Waals surface area contributed by atoms with Crippen molar-refractivity contribution in [2.75, 3.05) is 12.4 Å². The van der Waals surface area contributed by atoms with Crippen molar-refractivity contribution in [3.63, 3.8) is 0 Å². The molecule has 0 aliphatic heterocycles. The van der Waals surface area contributed by atoms with E-state index in [1.54, 1.807) is 43.5 Å². The van der Waals surface area contributed by atoms with Crippen molar-refractivity contribution in [2.24, 2.45) is 0 Å². The third kappa shape index (κ3) is 2.75. The zero-order chi connectivity index (χ0) is 15.7. The van der Waals surface area contributed by atoms with Crippen LogP contribution >= 0.6 is 15.9 Å². The molecule has 3 rings (SSSR count). The summed E-state index contributed by atoms with van der Waals surface area (Å²) in [5.41, 5.74) is 2.00. The van der Waals surface area contributed by atoms with Gasteiger partial charge in [0.1, 0.15) is 5.75 Å². The van der Waals surface area contributed by atoms with E-state index >= 15 is 0 Å².